The van der Waals surface area contributed by atoms with Gasteiger partial charge in [-0.3, -0.25) is 0 Å². The van der Waals surface area contributed by atoms with Crippen molar-refractivity contribution in [2.45, 2.75) is 25.8 Å². The molecule has 0 spiro atoms. The second kappa shape index (κ2) is 5.04. The summed E-state index contributed by atoms with van der Waals surface area (Å²) in [6.45, 7) is 6.04. The van der Waals surface area contributed by atoms with E-state index in [-0.39, 0.29) is 0 Å². The highest BCUT2D eigenvalue weighted by atomic mass is 15.2. The first-order chi connectivity index (χ1) is 9.13. The van der Waals surface area contributed by atoms with Crippen molar-refractivity contribution in [3.05, 3.63) is 23.8 Å². The zero-order chi connectivity index (χ0) is 13.4. The van der Waals surface area contributed by atoms with Gasteiger partial charge in [-0.05, 0) is 62.5 Å². The fourth-order valence-electron chi connectivity index (χ4n) is 3.42. The number of hydrogen-bond donors (Lipinski definition) is 1. The van der Waals surface area contributed by atoms with E-state index in [0.717, 1.165) is 5.92 Å². The minimum Gasteiger partial charge on any atom is -0.381 e. The summed E-state index contributed by atoms with van der Waals surface area (Å²) >= 11 is 0. The van der Waals surface area contributed by atoms with Gasteiger partial charge in [0.25, 0.3) is 0 Å². The molecule has 0 saturated carbocycles. The van der Waals surface area contributed by atoms with Crippen molar-refractivity contribution in [2.75, 3.05) is 43.9 Å². The highest BCUT2D eigenvalue weighted by Crippen LogP contribution is 2.31. The number of nitrogens with zero attached hydrogens (tertiary/aromatic N) is 2. The molecule has 4 rings (SSSR count). The lowest BCUT2D eigenvalue weighted by Gasteiger charge is -2.45. The van der Waals surface area contributed by atoms with Gasteiger partial charge in [0.05, 0.1) is 0 Å². The van der Waals surface area contributed by atoms with Crippen LogP contribution in [0.5, 0.6) is 0 Å². The molecule has 3 nitrogen and oxygen atoms in total. The minimum absolute atomic E-state index is 0.645. The van der Waals surface area contributed by atoms with Crippen molar-refractivity contribution in [1.29, 1.82) is 0 Å². The highest BCUT2D eigenvalue weighted by Gasteiger charge is 2.33. The van der Waals surface area contributed by atoms with Crippen molar-refractivity contribution >= 4 is 11.4 Å². The molecule has 3 saturated heterocycles. The Labute approximate surface area is 116 Å². The molecule has 3 heteroatoms. The normalized spacial score (nSPS) is 29.3. The lowest BCUT2D eigenvalue weighted by atomic mass is 9.84. The third-order valence-electron chi connectivity index (χ3n) is 4.72. The van der Waals surface area contributed by atoms with Gasteiger partial charge in [-0.2, -0.15) is 0 Å². The van der Waals surface area contributed by atoms with Gasteiger partial charge in [-0.25, -0.2) is 0 Å². The highest BCUT2D eigenvalue weighted by molar-refractivity contribution is 5.60. The predicted octanol–water partition coefficient (Wildman–Crippen LogP) is 2.57. The lowest BCUT2D eigenvalue weighted by Crippen LogP contribution is -2.53. The number of nitrogens with one attached hydrogen (secondary N) is 1. The van der Waals surface area contributed by atoms with Crippen LogP contribution in [-0.2, 0) is 0 Å². The summed E-state index contributed by atoms with van der Waals surface area (Å²) in [5.41, 5.74) is 3.93. The van der Waals surface area contributed by atoms with Crippen molar-refractivity contribution in [3.8, 4) is 0 Å². The number of aryl methyl sites for hydroxylation is 1. The van der Waals surface area contributed by atoms with Crippen molar-refractivity contribution < 1.29 is 0 Å². The third-order valence-corrected chi connectivity index (χ3v) is 4.72. The second-order valence-corrected chi connectivity index (χ2v) is 6.28. The summed E-state index contributed by atoms with van der Waals surface area (Å²) < 4.78 is 0. The van der Waals surface area contributed by atoms with E-state index in [4.69, 9.17) is 0 Å². The van der Waals surface area contributed by atoms with Gasteiger partial charge in [0.1, 0.15) is 0 Å². The van der Waals surface area contributed by atoms with Crippen LogP contribution in [0.25, 0.3) is 0 Å². The van der Waals surface area contributed by atoms with Crippen LogP contribution in [-0.4, -0.2) is 44.7 Å². The number of benzene rings is 1. The Morgan fingerprint density at radius 3 is 2.47 bits per heavy atom. The van der Waals surface area contributed by atoms with Gasteiger partial charge < -0.3 is 15.1 Å². The third kappa shape index (κ3) is 2.57. The van der Waals surface area contributed by atoms with Gasteiger partial charge in [0.15, 0.2) is 0 Å². The van der Waals surface area contributed by atoms with Crippen molar-refractivity contribution in [3.63, 3.8) is 0 Å². The molecule has 1 atom stereocenters. The number of rotatable bonds is 3. The van der Waals surface area contributed by atoms with E-state index in [2.05, 4.69) is 54.3 Å². The maximum absolute atomic E-state index is 3.79. The van der Waals surface area contributed by atoms with Crippen LogP contribution >= 0.6 is 0 Å². The molecule has 1 aromatic rings. The van der Waals surface area contributed by atoms with Crippen LogP contribution in [0.2, 0.25) is 0 Å². The second-order valence-electron chi connectivity index (χ2n) is 6.28. The Morgan fingerprint density at radius 2 is 1.95 bits per heavy atom. The quantitative estimate of drug-likeness (QED) is 0.900. The Morgan fingerprint density at radius 1 is 1.21 bits per heavy atom. The smallest absolute Gasteiger partial charge is 0.0417 e. The van der Waals surface area contributed by atoms with E-state index in [1.165, 1.54) is 49.4 Å². The Balaban J connectivity index is 1.73. The number of hydrogen-bond acceptors (Lipinski definition) is 3. The molecular weight excluding hydrogens is 234 g/mol. The van der Waals surface area contributed by atoms with E-state index in [0.29, 0.717) is 6.04 Å². The van der Waals surface area contributed by atoms with Gasteiger partial charge in [0, 0.05) is 38.1 Å². The maximum Gasteiger partial charge on any atom is 0.0417 e. The summed E-state index contributed by atoms with van der Waals surface area (Å²) in [5, 5.41) is 3.79. The molecule has 0 aromatic heterocycles. The van der Waals surface area contributed by atoms with Crippen LogP contribution in [0.1, 0.15) is 18.4 Å². The monoisotopic (exact) mass is 259 g/mol. The first-order valence-electron chi connectivity index (χ1n) is 7.40. The van der Waals surface area contributed by atoms with Crippen molar-refractivity contribution in [1.82, 2.24) is 4.90 Å². The largest absolute Gasteiger partial charge is 0.381 e. The molecule has 104 valence electrons. The van der Waals surface area contributed by atoms with Gasteiger partial charge in [-0.15, -0.1) is 0 Å². The summed E-state index contributed by atoms with van der Waals surface area (Å²) in [5.74, 6) is 0.873. The SMILES string of the molecule is Cc1cc(N(C)C)ccc1NC1CN2CCC1CC2. The molecule has 1 aromatic carbocycles. The van der Waals surface area contributed by atoms with E-state index in [1.807, 2.05) is 0 Å². The fraction of sp³-hybridized carbons (Fsp3) is 0.625. The number of fused-ring (bicyclic) bond motifs is 3. The summed E-state index contributed by atoms with van der Waals surface area (Å²) in [4.78, 5) is 4.76. The van der Waals surface area contributed by atoms with Crippen LogP contribution in [0, 0.1) is 12.8 Å². The minimum atomic E-state index is 0.645. The molecule has 3 aliphatic rings. The molecule has 0 amide bonds. The molecule has 0 aliphatic carbocycles. The van der Waals surface area contributed by atoms with Crippen LogP contribution in [0.3, 0.4) is 0 Å². The molecule has 19 heavy (non-hydrogen) atoms. The van der Waals surface area contributed by atoms with Gasteiger partial charge in [0.2, 0.25) is 0 Å². The Kier molecular flexibility index (Phi) is 3.40. The molecule has 3 fully saturated rings. The summed E-state index contributed by atoms with van der Waals surface area (Å²) in [6, 6.07) is 7.36. The molecule has 3 aliphatic heterocycles. The Hall–Kier alpha value is -1.22. The van der Waals surface area contributed by atoms with Gasteiger partial charge >= 0.3 is 0 Å². The zero-order valence-electron chi connectivity index (χ0n) is 12.3. The topological polar surface area (TPSA) is 18.5 Å². The zero-order valence-corrected chi connectivity index (χ0v) is 12.3. The maximum atomic E-state index is 3.79. The average molecular weight is 259 g/mol. The van der Waals surface area contributed by atoms with Crippen LogP contribution < -0.4 is 10.2 Å². The average Bonchev–Trinajstić information content (AvgIpc) is 2.42. The van der Waals surface area contributed by atoms with Crippen LogP contribution in [0.4, 0.5) is 11.4 Å². The first kappa shape index (κ1) is 12.8. The fourth-order valence-corrected chi connectivity index (χ4v) is 3.42. The van der Waals surface area contributed by atoms with Gasteiger partial charge in [-0.1, -0.05) is 0 Å². The molecular formula is C16H25N3. The molecule has 1 N–H and O–H groups in total. The van der Waals surface area contributed by atoms with Crippen molar-refractivity contribution in [2.24, 2.45) is 5.92 Å². The van der Waals surface area contributed by atoms with E-state index in [9.17, 15) is 0 Å². The van der Waals surface area contributed by atoms with E-state index < -0.39 is 0 Å². The summed E-state index contributed by atoms with van der Waals surface area (Å²) in [7, 11) is 4.19. The van der Waals surface area contributed by atoms with E-state index >= 15 is 0 Å². The number of piperidine rings is 3. The van der Waals surface area contributed by atoms with Crippen LogP contribution in [0.15, 0.2) is 18.2 Å². The number of anilines is 2. The molecule has 0 radical (unpaired) electrons. The summed E-state index contributed by atoms with van der Waals surface area (Å²) in [6.07, 6.45) is 2.74. The van der Waals surface area contributed by atoms with E-state index in [1.54, 1.807) is 0 Å². The molecule has 1 unspecified atom stereocenters. The molecule has 3 heterocycles. The Bertz CT molecular complexity index is 447. The standard InChI is InChI=1S/C16H25N3/c1-12-10-14(18(2)3)4-5-15(12)17-16-11-19-8-6-13(16)7-9-19/h4-5,10,13,16-17H,6-9,11H2,1-3H3. The molecule has 2 bridgehead atoms. The predicted molar refractivity (Wildman–Crippen MR) is 82.1 cm³/mol. The lowest BCUT2D eigenvalue weighted by molar-refractivity contribution is 0.0975. The first-order valence-corrected chi connectivity index (χ1v) is 7.40.